The quantitative estimate of drug-likeness (QED) is 0.342. The third kappa shape index (κ3) is 5.74. The Kier molecular flexibility index (Phi) is 8.49. The summed E-state index contributed by atoms with van der Waals surface area (Å²) >= 11 is 0. The van der Waals surface area contributed by atoms with Gasteiger partial charge >= 0.3 is 6.09 Å². The normalized spacial score (nSPS) is 17.0. The molecule has 3 aromatic carbocycles. The number of carbonyl (C=O) groups is 2. The summed E-state index contributed by atoms with van der Waals surface area (Å²) in [6, 6.07) is 21.0. The molecule has 1 fully saturated rings. The highest BCUT2D eigenvalue weighted by molar-refractivity contribution is 5.97. The molecule has 0 aromatic heterocycles. The molecule has 3 aromatic rings. The first-order chi connectivity index (χ1) is 19.5. The number of rotatable bonds is 9. The molecule has 2 aliphatic heterocycles. The second kappa shape index (κ2) is 12.4. The van der Waals surface area contributed by atoms with Gasteiger partial charge in [-0.05, 0) is 42.7 Å². The zero-order chi connectivity index (χ0) is 28.1. The van der Waals surface area contributed by atoms with Crippen LogP contribution in [0.2, 0.25) is 0 Å². The lowest BCUT2D eigenvalue weighted by atomic mass is 9.99. The number of hydrogen-bond acceptors (Lipinski definition) is 8. The Morgan fingerprint density at radius 3 is 2.52 bits per heavy atom. The fraction of sp³-hybridized carbons (Fsp3) is 0.333. The number of hydrogen-bond donors (Lipinski definition) is 3. The van der Waals surface area contributed by atoms with E-state index in [1.165, 1.54) is 13.2 Å². The molecule has 1 saturated heterocycles. The number of piperidine rings is 1. The van der Waals surface area contributed by atoms with Gasteiger partial charge in [0.2, 0.25) is 0 Å². The van der Waals surface area contributed by atoms with Crippen molar-refractivity contribution in [3.8, 4) is 0 Å². The van der Waals surface area contributed by atoms with Crippen molar-refractivity contribution in [2.75, 3.05) is 42.1 Å². The van der Waals surface area contributed by atoms with Gasteiger partial charge in [0, 0.05) is 43.1 Å². The van der Waals surface area contributed by atoms with Crippen LogP contribution in [0, 0.1) is 5.21 Å². The number of nitrogens with zero attached hydrogens (tertiary/aromatic N) is 2. The third-order valence-electron chi connectivity index (χ3n) is 7.52. The number of aliphatic hydroxyl groups excluding tert-OH is 1. The van der Waals surface area contributed by atoms with E-state index in [1.54, 1.807) is 29.2 Å². The maximum absolute atomic E-state index is 13.1. The van der Waals surface area contributed by atoms with Crippen LogP contribution in [0.5, 0.6) is 0 Å². The van der Waals surface area contributed by atoms with Gasteiger partial charge in [-0.15, -0.1) is 0 Å². The molecule has 0 spiro atoms. The SMILES string of the molecule is COCC(NC(=O)c1ccc(N2CCC(N3C(=O)OCc4ccccc43)CC2)c(N[O-])c1)C(O)c1ccccc1. The highest BCUT2D eigenvalue weighted by Gasteiger charge is 2.34. The minimum atomic E-state index is -0.966. The van der Waals surface area contributed by atoms with Crippen molar-refractivity contribution < 1.29 is 24.2 Å². The Morgan fingerprint density at radius 2 is 1.80 bits per heavy atom. The Bertz CT molecular complexity index is 1330. The Morgan fingerprint density at radius 1 is 1.07 bits per heavy atom. The molecule has 2 amide bonds. The molecule has 0 aliphatic carbocycles. The molecule has 0 radical (unpaired) electrons. The summed E-state index contributed by atoms with van der Waals surface area (Å²) in [5.41, 5.74) is 5.76. The summed E-state index contributed by atoms with van der Waals surface area (Å²) in [6.07, 6.45) is 0.0885. The second-order valence-electron chi connectivity index (χ2n) is 10.00. The minimum Gasteiger partial charge on any atom is -0.761 e. The van der Waals surface area contributed by atoms with Crippen LogP contribution in [0.25, 0.3) is 0 Å². The number of amides is 2. The largest absolute Gasteiger partial charge is 0.761 e. The van der Waals surface area contributed by atoms with Gasteiger partial charge in [-0.3, -0.25) is 9.69 Å². The number of anilines is 3. The average Bonchev–Trinajstić information content (AvgIpc) is 3.00. The molecule has 3 N–H and O–H groups in total. The van der Waals surface area contributed by atoms with Crippen molar-refractivity contribution in [1.29, 1.82) is 0 Å². The molecule has 2 aliphatic rings. The number of aliphatic hydroxyl groups is 1. The van der Waals surface area contributed by atoms with Crippen LogP contribution in [-0.4, -0.2) is 56.0 Å². The predicted molar refractivity (Wildman–Crippen MR) is 152 cm³/mol. The lowest BCUT2D eigenvalue weighted by Gasteiger charge is -2.41. The van der Waals surface area contributed by atoms with Gasteiger partial charge in [-0.25, -0.2) is 4.79 Å². The second-order valence-corrected chi connectivity index (χ2v) is 10.00. The van der Waals surface area contributed by atoms with Crippen LogP contribution < -0.4 is 20.6 Å². The van der Waals surface area contributed by atoms with Crippen molar-refractivity contribution in [3.63, 3.8) is 0 Å². The van der Waals surface area contributed by atoms with Crippen molar-refractivity contribution in [1.82, 2.24) is 5.32 Å². The lowest BCUT2D eigenvalue weighted by molar-refractivity contribution is 0.0594. The van der Waals surface area contributed by atoms with Crippen molar-refractivity contribution in [3.05, 3.63) is 94.7 Å². The zero-order valence-electron chi connectivity index (χ0n) is 22.3. The predicted octanol–water partition coefficient (Wildman–Crippen LogP) is 4.20. The van der Waals surface area contributed by atoms with Crippen molar-refractivity contribution in [2.45, 2.75) is 37.6 Å². The summed E-state index contributed by atoms with van der Waals surface area (Å²) in [5.74, 6) is -0.430. The molecular weight excluding hydrogens is 512 g/mol. The summed E-state index contributed by atoms with van der Waals surface area (Å²) in [4.78, 5) is 29.5. The molecule has 0 bridgehead atoms. The fourth-order valence-electron chi connectivity index (χ4n) is 5.45. The number of cyclic esters (lactones) is 1. The number of para-hydroxylation sites is 1. The summed E-state index contributed by atoms with van der Waals surface area (Å²) < 4.78 is 10.6. The van der Waals surface area contributed by atoms with Crippen molar-refractivity contribution >= 4 is 29.1 Å². The fourth-order valence-corrected chi connectivity index (χ4v) is 5.45. The smallest absolute Gasteiger partial charge is 0.414 e. The number of nitrogens with one attached hydrogen (secondary N) is 2. The van der Waals surface area contributed by atoms with E-state index in [4.69, 9.17) is 9.47 Å². The maximum Gasteiger partial charge on any atom is 0.414 e. The number of carbonyl (C=O) groups excluding carboxylic acids is 2. The Balaban J connectivity index is 1.26. The van der Waals surface area contributed by atoms with E-state index in [-0.39, 0.29) is 36.6 Å². The van der Waals surface area contributed by atoms with Gasteiger partial charge in [0.05, 0.1) is 24.0 Å². The van der Waals surface area contributed by atoms with Crippen molar-refractivity contribution in [2.24, 2.45) is 0 Å². The molecular formula is C30H33N4O6-. The molecule has 40 heavy (non-hydrogen) atoms. The monoisotopic (exact) mass is 545 g/mol. The van der Waals surface area contributed by atoms with E-state index < -0.39 is 18.1 Å². The molecule has 2 unspecified atom stereocenters. The Hall–Kier alpha value is -4.12. The first kappa shape index (κ1) is 27.4. The summed E-state index contributed by atoms with van der Waals surface area (Å²) in [5, 5.41) is 25.6. The van der Waals surface area contributed by atoms with Crippen LogP contribution in [0.4, 0.5) is 21.9 Å². The van der Waals surface area contributed by atoms with Gasteiger partial charge in [0.25, 0.3) is 5.91 Å². The highest BCUT2D eigenvalue weighted by atomic mass is 16.6. The molecule has 10 heteroatoms. The standard InChI is InChI=1S/C30H33N4O6/c1-39-19-25(28(35)20-7-3-2-4-8-20)31-29(36)21-11-12-27(24(17-21)32-38)33-15-13-23(14-16-33)34-26-10-6-5-9-22(26)18-40-30(34)37/h2-12,17,23,25,28,32,35H,13-16,18-19H2,1H3,(H,31,36)/q-1. The molecule has 10 nitrogen and oxygen atoms in total. The summed E-state index contributed by atoms with van der Waals surface area (Å²) in [6.45, 7) is 1.63. The van der Waals surface area contributed by atoms with Gasteiger partial charge < -0.3 is 35.5 Å². The van der Waals surface area contributed by atoms with Crippen LogP contribution in [0.15, 0.2) is 72.8 Å². The zero-order valence-corrected chi connectivity index (χ0v) is 22.3. The van der Waals surface area contributed by atoms with Gasteiger partial charge in [-0.2, -0.15) is 0 Å². The van der Waals surface area contributed by atoms with E-state index in [1.807, 2.05) is 47.9 Å². The molecule has 2 atom stereocenters. The molecule has 210 valence electrons. The van der Waals surface area contributed by atoms with Gasteiger partial charge in [-0.1, -0.05) is 48.5 Å². The first-order valence-electron chi connectivity index (χ1n) is 13.3. The topological polar surface area (TPSA) is 126 Å². The van der Waals surface area contributed by atoms with E-state index in [0.29, 0.717) is 37.2 Å². The van der Waals surface area contributed by atoms with Crippen LogP contribution in [0.3, 0.4) is 0 Å². The van der Waals surface area contributed by atoms with E-state index >= 15 is 0 Å². The first-order valence-corrected chi connectivity index (χ1v) is 13.3. The van der Waals surface area contributed by atoms with E-state index in [9.17, 15) is 19.9 Å². The van der Waals surface area contributed by atoms with E-state index in [0.717, 1.165) is 11.3 Å². The van der Waals surface area contributed by atoms with E-state index in [2.05, 4.69) is 10.2 Å². The summed E-state index contributed by atoms with van der Waals surface area (Å²) in [7, 11) is 1.50. The van der Waals surface area contributed by atoms with Gasteiger partial charge in [0.1, 0.15) is 12.7 Å². The van der Waals surface area contributed by atoms with Crippen LogP contribution >= 0.6 is 0 Å². The maximum atomic E-state index is 13.1. The van der Waals surface area contributed by atoms with Crippen LogP contribution in [-0.2, 0) is 16.1 Å². The lowest BCUT2D eigenvalue weighted by Crippen LogP contribution is -2.49. The number of benzene rings is 3. The molecule has 0 saturated carbocycles. The van der Waals surface area contributed by atoms with Crippen LogP contribution in [0.1, 0.15) is 40.4 Å². The number of ether oxygens (including phenoxy) is 2. The third-order valence-corrected chi connectivity index (χ3v) is 7.52. The number of fused-ring (bicyclic) bond motifs is 1. The molecule has 5 rings (SSSR count). The van der Waals surface area contributed by atoms with Gasteiger partial charge in [0.15, 0.2) is 0 Å². The average molecular weight is 546 g/mol. The molecule has 2 heterocycles. The Labute approximate surface area is 233 Å². The highest BCUT2D eigenvalue weighted by Crippen LogP contribution is 2.35. The number of methoxy groups -OCH3 is 1. The minimum absolute atomic E-state index is 0.0207.